The van der Waals surface area contributed by atoms with Gasteiger partial charge in [0.15, 0.2) is 0 Å². The van der Waals surface area contributed by atoms with E-state index in [0.717, 1.165) is 25.7 Å². The second-order valence-electron chi connectivity index (χ2n) is 7.70. The third-order valence-corrected chi connectivity index (χ3v) is 5.36. The number of carbonyl (C=O) groups excluding carboxylic acids is 1. The largest absolute Gasteiger partial charge is 0.481 e. The van der Waals surface area contributed by atoms with Crippen LogP contribution in [0, 0.1) is 0 Å². The van der Waals surface area contributed by atoms with Crippen molar-refractivity contribution in [1.29, 1.82) is 0 Å². The van der Waals surface area contributed by atoms with Crippen LogP contribution in [0.2, 0.25) is 0 Å². The Morgan fingerprint density at radius 1 is 0.867 bits per heavy atom. The summed E-state index contributed by atoms with van der Waals surface area (Å²) in [4.78, 5) is 33.5. The molecule has 0 radical (unpaired) electrons. The first-order valence-corrected chi connectivity index (χ1v) is 11.5. The molecule has 1 atom stereocenters. The maximum absolute atomic E-state index is 11.8. The number of aliphatic carboxylic acids is 2. The highest BCUT2D eigenvalue weighted by Crippen LogP contribution is 2.13. The fourth-order valence-corrected chi connectivity index (χ4v) is 3.57. The number of allylic oxidation sites excluding steroid dienone is 5. The van der Waals surface area contributed by atoms with Gasteiger partial charge >= 0.3 is 11.9 Å². The van der Waals surface area contributed by atoms with E-state index in [1.165, 1.54) is 28.5 Å². The first kappa shape index (κ1) is 28.0. The molecule has 1 amide bonds. The Kier molecular flexibility index (Phi) is 15.6. The Hall–Kier alpha value is -2.02. The molecule has 0 fully saturated rings. The first-order chi connectivity index (χ1) is 14.1. The number of hydrogen-bond acceptors (Lipinski definition) is 4. The molecule has 6 nitrogen and oxygen atoms in total. The van der Waals surface area contributed by atoms with Crippen LogP contribution < -0.4 is 5.32 Å². The molecule has 0 aromatic carbocycles. The standard InChI is InChI=1S/C23H37NO5S/c1-17(2)8-5-9-18(3)10-6-11-19(4)14-15-30-16-20(23(28)29)24-21(25)12-7-13-22(26)27/h8,10,14,20H,5-7,9,11-13,15-16H2,1-4H3,(H,24,25)(H,26,27)(H,28,29)/b18-10+,19-14+. The summed E-state index contributed by atoms with van der Waals surface area (Å²) >= 11 is 1.45. The van der Waals surface area contributed by atoms with Crippen LogP contribution in [0.4, 0.5) is 0 Å². The molecule has 0 bridgehead atoms. The van der Waals surface area contributed by atoms with Gasteiger partial charge < -0.3 is 15.5 Å². The second kappa shape index (κ2) is 16.7. The minimum absolute atomic E-state index is 0.0149. The summed E-state index contributed by atoms with van der Waals surface area (Å²) in [6, 6.07) is -0.965. The van der Waals surface area contributed by atoms with Crippen LogP contribution in [0.15, 0.2) is 34.9 Å². The number of amides is 1. The molecule has 0 saturated carbocycles. The van der Waals surface area contributed by atoms with Crippen molar-refractivity contribution in [2.45, 2.75) is 78.7 Å². The van der Waals surface area contributed by atoms with Crippen LogP contribution in [0.3, 0.4) is 0 Å². The average Bonchev–Trinajstić information content (AvgIpc) is 2.63. The van der Waals surface area contributed by atoms with E-state index in [-0.39, 0.29) is 25.0 Å². The van der Waals surface area contributed by atoms with Gasteiger partial charge in [-0.3, -0.25) is 9.59 Å². The number of rotatable bonds is 16. The molecule has 0 aliphatic heterocycles. The van der Waals surface area contributed by atoms with Gasteiger partial charge in [0.05, 0.1) is 0 Å². The maximum atomic E-state index is 11.8. The smallest absolute Gasteiger partial charge is 0.327 e. The molecule has 0 aromatic rings. The predicted octanol–water partition coefficient (Wildman–Crippen LogP) is 4.96. The normalized spacial score (nSPS) is 12.9. The number of hydrogen-bond donors (Lipinski definition) is 3. The zero-order valence-electron chi connectivity index (χ0n) is 18.7. The average molecular weight is 440 g/mol. The van der Waals surface area contributed by atoms with Crippen LogP contribution in [-0.2, 0) is 14.4 Å². The molecule has 0 heterocycles. The van der Waals surface area contributed by atoms with Crippen molar-refractivity contribution in [3.05, 3.63) is 34.9 Å². The summed E-state index contributed by atoms with van der Waals surface area (Å²) in [5.74, 6) is -1.52. The molecule has 170 valence electrons. The van der Waals surface area contributed by atoms with E-state index in [1.54, 1.807) is 0 Å². The highest BCUT2D eigenvalue weighted by molar-refractivity contribution is 7.99. The van der Waals surface area contributed by atoms with Crippen molar-refractivity contribution in [2.75, 3.05) is 11.5 Å². The molecule has 7 heteroatoms. The summed E-state index contributed by atoms with van der Waals surface area (Å²) in [6.45, 7) is 8.46. The Morgan fingerprint density at radius 2 is 1.47 bits per heavy atom. The predicted molar refractivity (Wildman–Crippen MR) is 124 cm³/mol. The zero-order valence-corrected chi connectivity index (χ0v) is 19.5. The first-order valence-electron chi connectivity index (χ1n) is 10.4. The molecule has 3 N–H and O–H groups in total. The summed E-state index contributed by atoms with van der Waals surface area (Å²) < 4.78 is 0. The lowest BCUT2D eigenvalue weighted by atomic mass is 10.1. The van der Waals surface area contributed by atoms with Crippen molar-refractivity contribution >= 4 is 29.6 Å². The van der Waals surface area contributed by atoms with E-state index in [0.29, 0.717) is 5.75 Å². The van der Waals surface area contributed by atoms with Crippen LogP contribution in [0.25, 0.3) is 0 Å². The quantitative estimate of drug-likeness (QED) is 0.232. The number of nitrogens with one attached hydrogen (secondary N) is 1. The Morgan fingerprint density at radius 3 is 2.03 bits per heavy atom. The topological polar surface area (TPSA) is 104 Å². The van der Waals surface area contributed by atoms with Crippen LogP contribution >= 0.6 is 11.8 Å². The van der Waals surface area contributed by atoms with Gasteiger partial charge in [-0.1, -0.05) is 34.9 Å². The van der Waals surface area contributed by atoms with Gasteiger partial charge in [0.1, 0.15) is 6.04 Å². The molecule has 0 spiro atoms. The van der Waals surface area contributed by atoms with Gasteiger partial charge in [0.25, 0.3) is 0 Å². The van der Waals surface area contributed by atoms with Crippen molar-refractivity contribution in [3.63, 3.8) is 0 Å². The fourth-order valence-electron chi connectivity index (χ4n) is 2.57. The molecule has 0 saturated heterocycles. The van der Waals surface area contributed by atoms with Crippen molar-refractivity contribution in [2.24, 2.45) is 0 Å². The Bertz CT molecular complexity index is 648. The molecular formula is C23H37NO5S. The highest BCUT2D eigenvalue weighted by Gasteiger charge is 2.19. The SMILES string of the molecule is CC(C)=CCC/C(C)=C/CC/C(C)=C/CSCC(NC(=O)CCCC(=O)O)C(=O)O. The number of thioether (sulfide) groups is 1. The zero-order chi connectivity index (χ0) is 22.9. The fraction of sp³-hybridized carbons (Fsp3) is 0.609. The molecule has 0 aromatic heterocycles. The van der Waals surface area contributed by atoms with Gasteiger partial charge in [0.2, 0.25) is 5.91 Å². The van der Waals surface area contributed by atoms with E-state index in [9.17, 15) is 19.5 Å². The van der Waals surface area contributed by atoms with E-state index < -0.39 is 23.9 Å². The highest BCUT2D eigenvalue weighted by atomic mass is 32.2. The third kappa shape index (κ3) is 16.9. The van der Waals surface area contributed by atoms with E-state index in [2.05, 4.69) is 51.2 Å². The van der Waals surface area contributed by atoms with E-state index >= 15 is 0 Å². The van der Waals surface area contributed by atoms with Gasteiger partial charge in [-0.05, 0) is 59.8 Å². The van der Waals surface area contributed by atoms with Crippen molar-refractivity contribution < 1.29 is 24.6 Å². The number of carboxylic acids is 2. The van der Waals surface area contributed by atoms with Crippen molar-refractivity contribution in [1.82, 2.24) is 5.32 Å². The summed E-state index contributed by atoms with van der Waals surface area (Å²) in [6.07, 6.45) is 10.9. The third-order valence-electron chi connectivity index (χ3n) is 4.38. The lowest BCUT2D eigenvalue weighted by Gasteiger charge is -2.13. The molecule has 1 unspecified atom stereocenters. The van der Waals surface area contributed by atoms with Crippen molar-refractivity contribution in [3.8, 4) is 0 Å². The van der Waals surface area contributed by atoms with Gasteiger partial charge in [-0.2, -0.15) is 11.8 Å². The number of carboxylic acid groups (broad SMARTS) is 2. The lowest BCUT2D eigenvalue weighted by molar-refractivity contribution is -0.141. The molecule has 0 aliphatic rings. The Labute approximate surface area is 184 Å². The maximum Gasteiger partial charge on any atom is 0.327 e. The Balaban J connectivity index is 4.19. The molecular weight excluding hydrogens is 402 g/mol. The van der Waals surface area contributed by atoms with Crippen LogP contribution in [0.5, 0.6) is 0 Å². The summed E-state index contributed by atoms with van der Waals surface area (Å²) in [7, 11) is 0. The number of carbonyl (C=O) groups is 3. The monoisotopic (exact) mass is 439 g/mol. The summed E-state index contributed by atoms with van der Waals surface area (Å²) in [5, 5.41) is 20.3. The molecule has 0 rings (SSSR count). The van der Waals surface area contributed by atoms with Gasteiger partial charge in [0, 0.05) is 24.3 Å². The van der Waals surface area contributed by atoms with E-state index in [4.69, 9.17) is 5.11 Å². The lowest BCUT2D eigenvalue weighted by Crippen LogP contribution is -2.42. The second-order valence-corrected chi connectivity index (χ2v) is 8.78. The van der Waals surface area contributed by atoms with E-state index in [1.807, 2.05) is 0 Å². The summed E-state index contributed by atoms with van der Waals surface area (Å²) in [5.41, 5.74) is 4.01. The van der Waals surface area contributed by atoms with Crippen LogP contribution in [0.1, 0.15) is 72.6 Å². The molecule has 0 aliphatic carbocycles. The van der Waals surface area contributed by atoms with Gasteiger partial charge in [-0.15, -0.1) is 0 Å². The minimum Gasteiger partial charge on any atom is -0.481 e. The molecule has 30 heavy (non-hydrogen) atoms. The van der Waals surface area contributed by atoms with Crippen LogP contribution in [-0.4, -0.2) is 45.6 Å². The minimum atomic E-state index is -1.08. The van der Waals surface area contributed by atoms with Gasteiger partial charge in [-0.25, -0.2) is 4.79 Å².